The quantitative estimate of drug-likeness (QED) is 0.837. The van der Waals surface area contributed by atoms with Gasteiger partial charge in [-0.3, -0.25) is 0 Å². The zero-order chi connectivity index (χ0) is 12.1. The summed E-state index contributed by atoms with van der Waals surface area (Å²) >= 11 is 5.62. The molecule has 0 aromatic heterocycles. The topological polar surface area (TPSA) is 26.0 Å². The first-order valence-electron chi connectivity index (χ1n) is 5.74. The largest absolute Gasteiger partial charge is 0.327 e. The number of hydrogen-bond donors (Lipinski definition) is 1. The Hall–Kier alpha value is -0.600. The van der Waals surface area contributed by atoms with E-state index < -0.39 is 0 Å². The van der Waals surface area contributed by atoms with Gasteiger partial charge in [-0.15, -0.1) is 0 Å². The van der Waals surface area contributed by atoms with Crippen LogP contribution in [0.25, 0.3) is 0 Å². The van der Waals surface area contributed by atoms with E-state index in [9.17, 15) is 4.39 Å². The third-order valence-corrected chi connectivity index (χ3v) is 3.24. The van der Waals surface area contributed by atoms with Crippen LogP contribution in [0.4, 0.5) is 4.39 Å². The summed E-state index contributed by atoms with van der Waals surface area (Å²) in [5.41, 5.74) is 6.98. The third-order valence-electron chi connectivity index (χ3n) is 2.93. The maximum Gasteiger partial charge on any atom is 0.142 e. The summed E-state index contributed by atoms with van der Waals surface area (Å²) in [6.45, 7) is 4.28. The monoisotopic (exact) mass is 243 g/mol. The highest BCUT2D eigenvalue weighted by Crippen LogP contribution is 2.18. The molecule has 90 valence electrons. The van der Waals surface area contributed by atoms with Crippen LogP contribution < -0.4 is 5.73 Å². The molecule has 16 heavy (non-hydrogen) atoms. The Labute approximate surface area is 102 Å². The minimum absolute atomic E-state index is 0.0838. The summed E-state index contributed by atoms with van der Waals surface area (Å²) in [6.07, 6.45) is 2.94. The van der Waals surface area contributed by atoms with E-state index >= 15 is 0 Å². The summed E-state index contributed by atoms with van der Waals surface area (Å²) in [7, 11) is 0. The van der Waals surface area contributed by atoms with Gasteiger partial charge in [0.05, 0.1) is 5.02 Å². The first kappa shape index (κ1) is 13.5. The van der Waals surface area contributed by atoms with Gasteiger partial charge < -0.3 is 5.73 Å². The molecule has 1 aromatic rings. The molecule has 1 rings (SSSR count). The van der Waals surface area contributed by atoms with Crippen LogP contribution in [0.5, 0.6) is 0 Å². The van der Waals surface area contributed by atoms with Crippen LogP contribution in [0.3, 0.4) is 0 Å². The minimum Gasteiger partial charge on any atom is -0.327 e. The molecular weight excluding hydrogens is 225 g/mol. The fourth-order valence-corrected chi connectivity index (χ4v) is 1.93. The van der Waals surface area contributed by atoms with Crippen LogP contribution >= 0.6 is 11.6 Å². The standard InChI is InChI=1S/C13H19ClFN/c1-3-4-9(2)13(16)8-10-5-6-11(14)12(15)7-10/h5-7,9,13H,3-4,8,16H2,1-2H3. The van der Waals surface area contributed by atoms with Gasteiger partial charge in [0.25, 0.3) is 0 Å². The van der Waals surface area contributed by atoms with Crippen molar-refractivity contribution in [3.63, 3.8) is 0 Å². The predicted molar refractivity (Wildman–Crippen MR) is 67.2 cm³/mol. The molecule has 0 saturated carbocycles. The highest BCUT2D eigenvalue weighted by atomic mass is 35.5. The van der Waals surface area contributed by atoms with Crippen molar-refractivity contribution in [2.24, 2.45) is 11.7 Å². The molecule has 2 N–H and O–H groups in total. The summed E-state index contributed by atoms with van der Waals surface area (Å²) < 4.78 is 13.2. The molecular formula is C13H19ClFN. The lowest BCUT2D eigenvalue weighted by molar-refractivity contribution is 0.419. The Bertz CT molecular complexity index is 341. The van der Waals surface area contributed by atoms with Crippen LogP contribution in [0, 0.1) is 11.7 Å². The van der Waals surface area contributed by atoms with Gasteiger partial charge in [-0.05, 0) is 36.5 Å². The Kier molecular flexibility index (Phi) is 5.23. The molecule has 3 heteroatoms. The third kappa shape index (κ3) is 3.76. The van der Waals surface area contributed by atoms with Crippen molar-refractivity contribution in [2.75, 3.05) is 0 Å². The van der Waals surface area contributed by atoms with E-state index in [1.807, 2.05) is 6.07 Å². The van der Waals surface area contributed by atoms with E-state index in [0.717, 1.165) is 18.4 Å². The summed E-state index contributed by atoms with van der Waals surface area (Å²) in [5.74, 6) is 0.0956. The average Bonchev–Trinajstić information content (AvgIpc) is 2.24. The van der Waals surface area contributed by atoms with Gasteiger partial charge in [-0.2, -0.15) is 0 Å². The molecule has 0 fully saturated rings. The van der Waals surface area contributed by atoms with Crippen molar-refractivity contribution in [3.05, 3.63) is 34.6 Å². The molecule has 0 aliphatic rings. The molecule has 1 aromatic carbocycles. The van der Waals surface area contributed by atoms with Crippen molar-refractivity contribution < 1.29 is 4.39 Å². The molecule has 0 aliphatic carbocycles. The normalized spacial score (nSPS) is 14.8. The molecule has 0 aliphatic heterocycles. The summed E-state index contributed by atoms with van der Waals surface area (Å²) in [6, 6.07) is 4.98. The fraction of sp³-hybridized carbons (Fsp3) is 0.538. The second-order valence-corrected chi connectivity index (χ2v) is 4.79. The van der Waals surface area contributed by atoms with Crippen molar-refractivity contribution in [2.45, 2.75) is 39.2 Å². The number of rotatable bonds is 5. The molecule has 0 amide bonds. The lowest BCUT2D eigenvalue weighted by atomic mass is 9.92. The Morgan fingerprint density at radius 1 is 1.44 bits per heavy atom. The van der Waals surface area contributed by atoms with Gasteiger partial charge in [0, 0.05) is 6.04 Å². The fourth-order valence-electron chi connectivity index (χ4n) is 1.81. The van der Waals surface area contributed by atoms with Crippen LogP contribution in [0.1, 0.15) is 32.3 Å². The smallest absolute Gasteiger partial charge is 0.142 e. The molecule has 2 atom stereocenters. The second kappa shape index (κ2) is 6.21. The highest BCUT2D eigenvalue weighted by molar-refractivity contribution is 6.30. The number of nitrogens with two attached hydrogens (primary N) is 1. The highest BCUT2D eigenvalue weighted by Gasteiger charge is 2.13. The van der Waals surface area contributed by atoms with Crippen LogP contribution in [-0.2, 0) is 6.42 Å². The SMILES string of the molecule is CCCC(C)C(N)Cc1ccc(Cl)c(F)c1. The van der Waals surface area contributed by atoms with E-state index in [4.69, 9.17) is 17.3 Å². The number of hydrogen-bond acceptors (Lipinski definition) is 1. The minimum atomic E-state index is -0.366. The van der Waals surface area contributed by atoms with E-state index in [1.165, 1.54) is 6.07 Å². The molecule has 2 unspecified atom stereocenters. The van der Waals surface area contributed by atoms with Gasteiger partial charge in [-0.1, -0.05) is 37.9 Å². The van der Waals surface area contributed by atoms with Crippen molar-refractivity contribution >= 4 is 11.6 Å². The van der Waals surface area contributed by atoms with Gasteiger partial charge >= 0.3 is 0 Å². The number of halogens is 2. The van der Waals surface area contributed by atoms with Crippen molar-refractivity contribution in [1.82, 2.24) is 0 Å². The van der Waals surface area contributed by atoms with Crippen LogP contribution in [0.2, 0.25) is 5.02 Å². The molecule has 0 radical (unpaired) electrons. The molecule has 0 bridgehead atoms. The Balaban J connectivity index is 2.62. The summed E-state index contributed by atoms with van der Waals surface area (Å²) in [4.78, 5) is 0. The predicted octanol–water partition coefficient (Wildman–Crippen LogP) is 3.79. The lowest BCUT2D eigenvalue weighted by Crippen LogP contribution is -2.30. The molecule has 0 saturated heterocycles. The van der Waals surface area contributed by atoms with Crippen molar-refractivity contribution in [3.8, 4) is 0 Å². The Morgan fingerprint density at radius 3 is 2.69 bits per heavy atom. The first-order valence-corrected chi connectivity index (χ1v) is 6.12. The maximum atomic E-state index is 13.2. The average molecular weight is 244 g/mol. The van der Waals surface area contributed by atoms with E-state index in [2.05, 4.69) is 13.8 Å². The van der Waals surface area contributed by atoms with E-state index in [1.54, 1.807) is 6.07 Å². The molecule has 0 heterocycles. The number of benzene rings is 1. The van der Waals surface area contributed by atoms with Crippen molar-refractivity contribution in [1.29, 1.82) is 0 Å². The summed E-state index contributed by atoms with van der Waals surface area (Å²) in [5, 5.41) is 0.166. The zero-order valence-corrected chi connectivity index (χ0v) is 10.6. The Morgan fingerprint density at radius 2 is 2.12 bits per heavy atom. The van der Waals surface area contributed by atoms with Gasteiger partial charge in [0.2, 0.25) is 0 Å². The zero-order valence-electron chi connectivity index (χ0n) is 9.84. The van der Waals surface area contributed by atoms with Gasteiger partial charge in [0.15, 0.2) is 0 Å². The second-order valence-electron chi connectivity index (χ2n) is 4.38. The van der Waals surface area contributed by atoms with Gasteiger partial charge in [-0.25, -0.2) is 4.39 Å². The van der Waals surface area contributed by atoms with E-state index in [0.29, 0.717) is 12.3 Å². The maximum absolute atomic E-state index is 13.2. The molecule has 1 nitrogen and oxygen atoms in total. The van der Waals surface area contributed by atoms with Crippen LogP contribution in [0.15, 0.2) is 18.2 Å². The first-order chi connectivity index (χ1) is 7.54. The molecule has 0 spiro atoms. The van der Waals surface area contributed by atoms with Crippen LogP contribution in [-0.4, -0.2) is 6.04 Å². The van der Waals surface area contributed by atoms with E-state index in [-0.39, 0.29) is 16.9 Å². The van der Waals surface area contributed by atoms with Gasteiger partial charge in [0.1, 0.15) is 5.82 Å². The lowest BCUT2D eigenvalue weighted by Gasteiger charge is -2.19.